The first-order chi connectivity index (χ1) is 17.2. The number of benzene rings is 1. The molecular weight excluding hydrogens is 480 g/mol. The van der Waals surface area contributed by atoms with Crippen LogP contribution in [0.15, 0.2) is 52.3 Å². The van der Waals surface area contributed by atoms with Gasteiger partial charge in [-0.15, -0.1) is 0 Å². The molecule has 0 bridgehead atoms. The Morgan fingerprint density at radius 2 is 2.03 bits per heavy atom. The molecule has 36 heavy (non-hydrogen) atoms. The number of sulfonamides is 1. The average molecular weight is 509 g/mol. The Kier molecular flexibility index (Phi) is 6.35. The Hall–Kier alpha value is -3.57. The third kappa shape index (κ3) is 4.51. The summed E-state index contributed by atoms with van der Waals surface area (Å²) in [6.07, 6.45) is 7.06. The van der Waals surface area contributed by atoms with Gasteiger partial charge in [0.2, 0.25) is 15.9 Å². The fourth-order valence-electron chi connectivity index (χ4n) is 4.95. The summed E-state index contributed by atoms with van der Waals surface area (Å²) < 4.78 is 37.4. The van der Waals surface area contributed by atoms with Crippen molar-refractivity contribution in [3.8, 4) is 11.1 Å². The Bertz CT molecular complexity index is 1520. The minimum Gasteiger partial charge on any atom is -0.361 e. The molecular formula is C25H28N6O4S. The Morgan fingerprint density at radius 3 is 2.75 bits per heavy atom. The molecule has 1 aliphatic rings. The Morgan fingerprint density at radius 1 is 1.19 bits per heavy atom. The van der Waals surface area contributed by atoms with E-state index in [0.29, 0.717) is 40.8 Å². The van der Waals surface area contributed by atoms with Gasteiger partial charge in [0.05, 0.1) is 28.6 Å². The van der Waals surface area contributed by atoms with Gasteiger partial charge in [-0.25, -0.2) is 18.1 Å². The summed E-state index contributed by atoms with van der Waals surface area (Å²) in [4.78, 5) is 21.7. The predicted octanol–water partition coefficient (Wildman–Crippen LogP) is 3.00. The number of fused-ring (bicyclic) bond motifs is 1. The molecule has 10 nitrogen and oxygen atoms in total. The second-order valence-electron chi connectivity index (χ2n) is 9.18. The van der Waals surface area contributed by atoms with Crippen LogP contribution in [0.5, 0.6) is 0 Å². The van der Waals surface area contributed by atoms with Crippen molar-refractivity contribution in [1.82, 2.24) is 29.7 Å². The smallest absolute Gasteiger partial charge is 0.241 e. The molecule has 0 spiro atoms. The van der Waals surface area contributed by atoms with Gasteiger partial charge in [-0.3, -0.25) is 9.78 Å². The summed E-state index contributed by atoms with van der Waals surface area (Å²) in [6.45, 7) is 3.89. The van der Waals surface area contributed by atoms with E-state index in [1.165, 1.54) is 0 Å². The Labute approximate surface area is 209 Å². The van der Waals surface area contributed by atoms with Gasteiger partial charge in [-0.05, 0) is 56.5 Å². The van der Waals surface area contributed by atoms with E-state index in [4.69, 9.17) is 4.52 Å². The van der Waals surface area contributed by atoms with Gasteiger partial charge in [0.15, 0.2) is 0 Å². The number of hydrogen-bond acceptors (Lipinski definition) is 7. The van der Waals surface area contributed by atoms with Gasteiger partial charge in [-0.2, -0.15) is 0 Å². The fraction of sp³-hybridized carbons (Fsp3) is 0.360. The van der Waals surface area contributed by atoms with Crippen LogP contribution in [0.1, 0.15) is 36.5 Å². The zero-order chi connectivity index (χ0) is 25.4. The summed E-state index contributed by atoms with van der Waals surface area (Å²) in [5.74, 6) is 0.683. The average Bonchev–Trinajstić information content (AvgIpc) is 3.57. The number of amides is 1. The highest BCUT2D eigenvalue weighted by molar-refractivity contribution is 7.89. The lowest BCUT2D eigenvalue weighted by molar-refractivity contribution is -0.125. The van der Waals surface area contributed by atoms with Gasteiger partial charge in [0, 0.05) is 42.6 Å². The van der Waals surface area contributed by atoms with E-state index in [1.54, 1.807) is 37.5 Å². The molecule has 1 saturated carbocycles. The Balaban J connectivity index is 1.44. The largest absolute Gasteiger partial charge is 0.361 e. The maximum atomic E-state index is 13.7. The maximum Gasteiger partial charge on any atom is 0.241 e. The second-order valence-corrected chi connectivity index (χ2v) is 10.9. The van der Waals surface area contributed by atoms with Crippen molar-refractivity contribution in [2.45, 2.75) is 50.6 Å². The number of pyridine rings is 1. The first kappa shape index (κ1) is 24.1. The molecule has 3 aromatic heterocycles. The van der Waals surface area contributed by atoms with E-state index in [0.717, 1.165) is 17.8 Å². The van der Waals surface area contributed by atoms with E-state index >= 15 is 0 Å². The third-order valence-electron chi connectivity index (χ3n) is 6.80. The number of imidazole rings is 1. The van der Waals surface area contributed by atoms with Crippen LogP contribution in [-0.2, 0) is 28.4 Å². The molecule has 0 unspecified atom stereocenters. The van der Waals surface area contributed by atoms with Gasteiger partial charge >= 0.3 is 0 Å². The molecule has 2 N–H and O–H groups in total. The molecule has 5 rings (SSSR count). The first-order valence-corrected chi connectivity index (χ1v) is 13.3. The van der Waals surface area contributed by atoms with Crippen LogP contribution in [0.4, 0.5) is 0 Å². The summed E-state index contributed by atoms with van der Waals surface area (Å²) in [5.41, 5.74) is 2.62. The third-order valence-corrected chi connectivity index (χ3v) is 8.33. The highest BCUT2D eigenvalue weighted by atomic mass is 32.2. The summed E-state index contributed by atoms with van der Waals surface area (Å²) in [7, 11) is -2.12. The van der Waals surface area contributed by atoms with Crippen LogP contribution in [-0.4, -0.2) is 40.1 Å². The van der Waals surface area contributed by atoms with E-state index in [2.05, 4.69) is 25.2 Å². The normalized spacial score (nSPS) is 18.1. The number of rotatable bonds is 7. The lowest BCUT2D eigenvalue weighted by atomic mass is 10.0. The molecule has 11 heteroatoms. The first-order valence-electron chi connectivity index (χ1n) is 11.8. The van der Waals surface area contributed by atoms with Crippen molar-refractivity contribution >= 4 is 26.8 Å². The van der Waals surface area contributed by atoms with Crippen molar-refractivity contribution in [2.24, 2.45) is 13.0 Å². The number of nitrogens with one attached hydrogen (secondary N) is 2. The van der Waals surface area contributed by atoms with Gasteiger partial charge in [0.1, 0.15) is 11.6 Å². The maximum absolute atomic E-state index is 13.7. The van der Waals surface area contributed by atoms with Gasteiger partial charge in [-0.1, -0.05) is 11.6 Å². The van der Waals surface area contributed by atoms with Crippen LogP contribution in [0.25, 0.3) is 22.0 Å². The minimum absolute atomic E-state index is 0.113. The summed E-state index contributed by atoms with van der Waals surface area (Å²) in [5, 5.41) is 7.42. The molecule has 188 valence electrons. The molecule has 3 heterocycles. The molecule has 0 saturated heterocycles. The highest BCUT2D eigenvalue weighted by Crippen LogP contribution is 2.34. The molecule has 1 amide bonds. The number of hydrogen-bond donors (Lipinski definition) is 2. The standard InChI is InChI=1S/C25H28N6O4S/c1-15-24(16(2)35-29-15)17-12-21-18(7-5-9-26-21)22(13-17)36(33,34)30-20-8-4-6-19(20)25(32)28-14-23-27-10-11-31(23)3/h5,7,9-13,19-20,30H,4,6,8,14H2,1-3H3,(H,28,32)/t19-,20+/m0/s1. The molecule has 4 aromatic rings. The highest BCUT2D eigenvalue weighted by Gasteiger charge is 2.36. The van der Waals surface area contributed by atoms with E-state index in [9.17, 15) is 13.2 Å². The number of aryl methyl sites for hydroxylation is 3. The fourth-order valence-corrected chi connectivity index (χ4v) is 6.50. The molecule has 1 aliphatic carbocycles. The number of nitrogens with zero attached hydrogens (tertiary/aromatic N) is 4. The van der Waals surface area contributed by atoms with Crippen LogP contribution in [0.2, 0.25) is 0 Å². The monoisotopic (exact) mass is 508 g/mol. The van der Waals surface area contributed by atoms with E-state index in [-0.39, 0.29) is 17.3 Å². The lowest BCUT2D eigenvalue weighted by Gasteiger charge is -2.21. The number of carbonyl (C=O) groups excluding carboxylic acids is 1. The van der Waals surface area contributed by atoms with Crippen LogP contribution >= 0.6 is 0 Å². The SMILES string of the molecule is Cc1noc(C)c1-c1cc(S(=O)(=O)N[C@@H]2CCC[C@@H]2C(=O)NCc2nccn2C)c2cccnc2c1. The van der Waals surface area contributed by atoms with Crippen molar-refractivity contribution in [2.75, 3.05) is 0 Å². The van der Waals surface area contributed by atoms with E-state index < -0.39 is 22.0 Å². The zero-order valence-electron chi connectivity index (χ0n) is 20.4. The van der Waals surface area contributed by atoms with Crippen LogP contribution in [0, 0.1) is 19.8 Å². The van der Waals surface area contributed by atoms with Gasteiger partial charge < -0.3 is 14.4 Å². The molecule has 1 fully saturated rings. The molecule has 1 aromatic carbocycles. The zero-order valence-corrected chi connectivity index (χ0v) is 21.2. The van der Waals surface area contributed by atoms with Crippen molar-refractivity contribution in [1.29, 1.82) is 0 Å². The summed E-state index contributed by atoms with van der Waals surface area (Å²) in [6, 6.07) is 6.40. The predicted molar refractivity (Wildman–Crippen MR) is 133 cm³/mol. The van der Waals surface area contributed by atoms with Crippen molar-refractivity contribution in [3.63, 3.8) is 0 Å². The van der Waals surface area contributed by atoms with Crippen molar-refractivity contribution in [3.05, 3.63) is 60.1 Å². The molecule has 0 aliphatic heterocycles. The van der Waals surface area contributed by atoms with Crippen LogP contribution < -0.4 is 10.0 Å². The topological polar surface area (TPSA) is 132 Å². The van der Waals surface area contributed by atoms with E-state index in [1.807, 2.05) is 30.8 Å². The van der Waals surface area contributed by atoms with Crippen LogP contribution in [0.3, 0.4) is 0 Å². The minimum atomic E-state index is -3.98. The number of carbonyl (C=O) groups is 1. The van der Waals surface area contributed by atoms with Crippen molar-refractivity contribution < 1.29 is 17.7 Å². The summed E-state index contributed by atoms with van der Waals surface area (Å²) >= 11 is 0. The van der Waals surface area contributed by atoms with Gasteiger partial charge in [0.25, 0.3) is 0 Å². The molecule has 0 radical (unpaired) electrons. The number of aromatic nitrogens is 4. The lowest BCUT2D eigenvalue weighted by Crippen LogP contribution is -2.44. The molecule has 2 atom stereocenters. The quantitative estimate of drug-likeness (QED) is 0.392. The second kappa shape index (κ2) is 9.47.